The molecule has 1 aliphatic rings. The van der Waals surface area contributed by atoms with E-state index in [1.165, 1.54) is 26.0 Å². The Balaban J connectivity index is 1.74. The van der Waals surface area contributed by atoms with Gasteiger partial charge in [-0.1, -0.05) is 23.4 Å². The number of piperazine rings is 1. The lowest BCUT2D eigenvalue weighted by atomic mass is 10.2. The Labute approximate surface area is 193 Å². The summed E-state index contributed by atoms with van der Waals surface area (Å²) in [4.78, 5) is 2.09. The number of anilines is 3. The van der Waals surface area contributed by atoms with E-state index in [9.17, 15) is 16.8 Å². The zero-order valence-electron chi connectivity index (χ0n) is 18.2. The van der Waals surface area contributed by atoms with Crippen molar-refractivity contribution in [3.05, 3.63) is 60.0 Å². The van der Waals surface area contributed by atoms with Crippen LogP contribution in [0.1, 0.15) is 11.5 Å². The maximum Gasteiger partial charge on any atom is 0.267 e. The molecule has 176 valence electrons. The molecule has 12 heteroatoms. The monoisotopic (exact) mass is 491 g/mol. The first-order chi connectivity index (χ1) is 15.7. The molecule has 0 atom stereocenters. The molecular formula is C21H25N5O5S2. The summed E-state index contributed by atoms with van der Waals surface area (Å²) in [5.74, 6) is 0.142. The van der Waals surface area contributed by atoms with Crippen molar-refractivity contribution in [1.29, 1.82) is 0 Å². The number of nitrogens with one attached hydrogen (secondary N) is 3. The van der Waals surface area contributed by atoms with Crippen LogP contribution >= 0.6 is 0 Å². The van der Waals surface area contributed by atoms with Gasteiger partial charge in [-0.05, 0) is 44.2 Å². The minimum atomic E-state index is -4.08. The van der Waals surface area contributed by atoms with E-state index in [-0.39, 0.29) is 32.6 Å². The van der Waals surface area contributed by atoms with Crippen LogP contribution in [0.15, 0.2) is 62.8 Å². The summed E-state index contributed by atoms with van der Waals surface area (Å²) in [5.41, 5.74) is 1.20. The third-order valence-corrected chi connectivity index (χ3v) is 8.25. The first-order valence-electron chi connectivity index (χ1n) is 10.3. The molecule has 0 saturated carbocycles. The van der Waals surface area contributed by atoms with Gasteiger partial charge in [0.25, 0.3) is 20.0 Å². The van der Waals surface area contributed by atoms with E-state index >= 15 is 0 Å². The van der Waals surface area contributed by atoms with Crippen LogP contribution in [0.25, 0.3) is 0 Å². The lowest BCUT2D eigenvalue weighted by molar-refractivity contribution is 0.390. The Morgan fingerprint density at radius 2 is 1.58 bits per heavy atom. The number of hydrogen-bond acceptors (Lipinski definition) is 8. The van der Waals surface area contributed by atoms with Gasteiger partial charge >= 0.3 is 0 Å². The SMILES string of the molecule is Cc1noc(C)c1S(=O)(=O)Nc1ccc(N2CCNCC2)cc1NS(=O)(=O)c1ccccc1. The number of benzene rings is 2. The topological polar surface area (TPSA) is 134 Å². The van der Waals surface area contributed by atoms with Crippen LogP contribution in [0.3, 0.4) is 0 Å². The molecule has 3 N–H and O–H groups in total. The van der Waals surface area contributed by atoms with Crippen molar-refractivity contribution >= 4 is 37.1 Å². The summed E-state index contributed by atoms with van der Waals surface area (Å²) < 4.78 is 62.2. The van der Waals surface area contributed by atoms with Crippen LogP contribution in [0, 0.1) is 13.8 Å². The molecule has 2 heterocycles. The van der Waals surface area contributed by atoms with Crippen molar-refractivity contribution in [3.8, 4) is 0 Å². The Morgan fingerprint density at radius 3 is 2.21 bits per heavy atom. The maximum absolute atomic E-state index is 13.1. The van der Waals surface area contributed by atoms with Crippen molar-refractivity contribution in [2.45, 2.75) is 23.6 Å². The Bertz CT molecular complexity index is 1330. The first-order valence-corrected chi connectivity index (χ1v) is 13.3. The average Bonchev–Trinajstić information content (AvgIpc) is 3.14. The lowest BCUT2D eigenvalue weighted by Crippen LogP contribution is -2.43. The van der Waals surface area contributed by atoms with Gasteiger partial charge in [0.15, 0.2) is 10.7 Å². The van der Waals surface area contributed by atoms with Gasteiger partial charge in [0, 0.05) is 31.9 Å². The molecule has 4 rings (SSSR count). The van der Waals surface area contributed by atoms with E-state index in [1.54, 1.807) is 36.4 Å². The normalized spacial score (nSPS) is 14.8. The number of nitrogens with zero attached hydrogens (tertiary/aromatic N) is 2. The van der Waals surface area contributed by atoms with Gasteiger partial charge in [0.2, 0.25) is 0 Å². The highest BCUT2D eigenvalue weighted by Crippen LogP contribution is 2.32. The molecular weight excluding hydrogens is 466 g/mol. The van der Waals surface area contributed by atoms with E-state index in [4.69, 9.17) is 4.52 Å². The van der Waals surface area contributed by atoms with Crippen molar-refractivity contribution in [3.63, 3.8) is 0 Å². The van der Waals surface area contributed by atoms with Crippen molar-refractivity contribution in [2.24, 2.45) is 0 Å². The van der Waals surface area contributed by atoms with E-state index in [0.717, 1.165) is 31.9 Å². The van der Waals surface area contributed by atoms with E-state index in [1.807, 2.05) is 0 Å². The average molecular weight is 492 g/mol. The highest BCUT2D eigenvalue weighted by atomic mass is 32.2. The van der Waals surface area contributed by atoms with Gasteiger partial charge in [-0.15, -0.1) is 0 Å². The fourth-order valence-electron chi connectivity index (χ4n) is 3.68. The standard InChI is InChI=1S/C21H25N5O5S2/c1-15-21(16(2)31-23-15)33(29,30)24-19-9-8-17(26-12-10-22-11-13-26)14-20(19)25-32(27,28)18-6-4-3-5-7-18/h3-9,14,22,24-25H,10-13H2,1-2H3. The Morgan fingerprint density at radius 1 is 0.909 bits per heavy atom. The van der Waals surface area contributed by atoms with Crippen LogP contribution in [0.5, 0.6) is 0 Å². The number of rotatable bonds is 7. The van der Waals surface area contributed by atoms with Gasteiger partial charge in [0.05, 0.1) is 16.3 Å². The molecule has 0 radical (unpaired) electrons. The van der Waals surface area contributed by atoms with Crippen LogP contribution in [-0.2, 0) is 20.0 Å². The Kier molecular flexibility index (Phi) is 6.32. The molecule has 1 fully saturated rings. The molecule has 1 aromatic heterocycles. The highest BCUT2D eigenvalue weighted by molar-refractivity contribution is 7.93. The summed E-state index contributed by atoms with van der Waals surface area (Å²) in [6.07, 6.45) is 0. The molecule has 2 aromatic carbocycles. The molecule has 0 amide bonds. The van der Waals surface area contributed by atoms with Gasteiger partial charge < -0.3 is 14.7 Å². The molecule has 0 bridgehead atoms. The number of aryl methyl sites for hydroxylation is 2. The predicted molar refractivity (Wildman–Crippen MR) is 126 cm³/mol. The van der Waals surface area contributed by atoms with Crippen LogP contribution < -0.4 is 19.7 Å². The van der Waals surface area contributed by atoms with Gasteiger partial charge in [-0.3, -0.25) is 9.44 Å². The molecule has 1 saturated heterocycles. The summed E-state index contributed by atoms with van der Waals surface area (Å²) in [7, 11) is -8.03. The van der Waals surface area contributed by atoms with E-state index in [2.05, 4.69) is 24.8 Å². The summed E-state index contributed by atoms with van der Waals surface area (Å²) in [5, 5.41) is 6.97. The molecule has 0 spiro atoms. The maximum atomic E-state index is 13.1. The molecule has 33 heavy (non-hydrogen) atoms. The second-order valence-corrected chi connectivity index (χ2v) is 10.9. The lowest BCUT2D eigenvalue weighted by Gasteiger charge is -2.30. The second kappa shape index (κ2) is 9.04. The fraction of sp³-hybridized carbons (Fsp3) is 0.286. The van der Waals surface area contributed by atoms with Crippen molar-refractivity contribution in [1.82, 2.24) is 10.5 Å². The third kappa shape index (κ3) is 4.97. The van der Waals surface area contributed by atoms with Gasteiger partial charge in [-0.25, -0.2) is 16.8 Å². The summed E-state index contributed by atoms with van der Waals surface area (Å²) in [6, 6.07) is 12.8. The minimum Gasteiger partial charge on any atom is -0.369 e. The quantitative estimate of drug-likeness (QED) is 0.458. The van der Waals surface area contributed by atoms with Gasteiger partial charge in [0.1, 0.15) is 5.69 Å². The second-order valence-electron chi connectivity index (χ2n) is 7.64. The number of hydrogen-bond donors (Lipinski definition) is 3. The molecule has 3 aromatic rings. The number of sulfonamides is 2. The third-order valence-electron chi connectivity index (χ3n) is 5.26. The minimum absolute atomic E-state index is 0.0668. The molecule has 0 unspecified atom stereocenters. The number of aromatic nitrogens is 1. The highest BCUT2D eigenvalue weighted by Gasteiger charge is 2.26. The molecule has 10 nitrogen and oxygen atoms in total. The smallest absolute Gasteiger partial charge is 0.267 e. The van der Waals surface area contributed by atoms with Crippen LogP contribution in [0.4, 0.5) is 17.1 Å². The van der Waals surface area contributed by atoms with E-state index in [0.29, 0.717) is 0 Å². The van der Waals surface area contributed by atoms with Crippen LogP contribution in [-0.4, -0.2) is 48.2 Å². The zero-order chi connectivity index (χ0) is 23.6. The molecule has 1 aliphatic heterocycles. The summed E-state index contributed by atoms with van der Waals surface area (Å²) in [6.45, 7) is 6.11. The van der Waals surface area contributed by atoms with Crippen molar-refractivity contribution in [2.75, 3.05) is 40.5 Å². The fourth-order valence-corrected chi connectivity index (χ4v) is 6.19. The van der Waals surface area contributed by atoms with Crippen molar-refractivity contribution < 1.29 is 21.4 Å². The van der Waals surface area contributed by atoms with E-state index < -0.39 is 20.0 Å². The zero-order valence-corrected chi connectivity index (χ0v) is 19.8. The first kappa shape index (κ1) is 23.1. The Hall–Kier alpha value is -3.09. The largest absolute Gasteiger partial charge is 0.369 e. The van der Waals surface area contributed by atoms with Crippen LogP contribution in [0.2, 0.25) is 0 Å². The van der Waals surface area contributed by atoms with Gasteiger partial charge in [-0.2, -0.15) is 0 Å². The predicted octanol–water partition coefficient (Wildman–Crippen LogP) is 2.30. The summed E-state index contributed by atoms with van der Waals surface area (Å²) >= 11 is 0. The molecule has 0 aliphatic carbocycles.